The predicted molar refractivity (Wildman–Crippen MR) is 64.3 cm³/mol. The van der Waals surface area contributed by atoms with Gasteiger partial charge in [-0.2, -0.15) is 0 Å². The van der Waals surface area contributed by atoms with E-state index in [9.17, 15) is 13.2 Å². The van der Waals surface area contributed by atoms with Crippen molar-refractivity contribution in [1.82, 2.24) is 10.2 Å². The van der Waals surface area contributed by atoms with Crippen molar-refractivity contribution in [3.8, 4) is 0 Å². The molecule has 0 unspecified atom stereocenters. The molecule has 108 valence electrons. The van der Waals surface area contributed by atoms with Crippen molar-refractivity contribution >= 4 is 0 Å². The molecule has 0 aromatic rings. The zero-order valence-corrected chi connectivity index (χ0v) is 10.9. The number of piperidine rings is 1. The number of halogens is 3. The minimum absolute atomic E-state index is 0.269. The molecule has 0 aliphatic carbocycles. The van der Waals surface area contributed by atoms with Gasteiger partial charge in [0.1, 0.15) is 0 Å². The van der Waals surface area contributed by atoms with E-state index in [0.29, 0.717) is 12.5 Å². The van der Waals surface area contributed by atoms with E-state index in [1.807, 2.05) is 6.92 Å². The molecule has 0 spiro atoms. The molecule has 0 amide bonds. The van der Waals surface area contributed by atoms with Gasteiger partial charge < -0.3 is 10.2 Å². The summed E-state index contributed by atoms with van der Waals surface area (Å²) in [6, 6.07) is 0. The van der Waals surface area contributed by atoms with Gasteiger partial charge in [-0.15, -0.1) is 13.2 Å². The highest BCUT2D eigenvalue weighted by Crippen LogP contribution is 2.17. The van der Waals surface area contributed by atoms with Crippen LogP contribution in [0.25, 0.3) is 0 Å². The average molecular weight is 268 g/mol. The minimum Gasteiger partial charge on any atom is -0.317 e. The lowest BCUT2D eigenvalue weighted by Gasteiger charge is -2.29. The Balaban J connectivity index is 2.25. The second kappa shape index (κ2) is 7.96. The first-order valence-corrected chi connectivity index (χ1v) is 6.65. The summed E-state index contributed by atoms with van der Waals surface area (Å²) in [5.41, 5.74) is 0. The smallest absolute Gasteiger partial charge is 0.317 e. The third-order valence-electron chi connectivity index (χ3n) is 3.19. The predicted octanol–water partition coefficient (Wildman–Crippen LogP) is 2.23. The first-order chi connectivity index (χ1) is 8.51. The Labute approximate surface area is 107 Å². The molecule has 1 N–H and O–H groups in total. The molecule has 1 heterocycles. The first-order valence-electron chi connectivity index (χ1n) is 6.65. The van der Waals surface area contributed by atoms with Crippen LogP contribution >= 0.6 is 0 Å². The molecule has 0 bridgehead atoms. The lowest BCUT2D eigenvalue weighted by atomic mass is 9.97. The van der Waals surface area contributed by atoms with Crippen LogP contribution in [-0.2, 0) is 4.74 Å². The maximum absolute atomic E-state index is 11.9. The number of rotatable bonds is 7. The maximum Gasteiger partial charge on any atom is 0.522 e. The molecule has 0 radical (unpaired) electrons. The van der Waals surface area contributed by atoms with Crippen molar-refractivity contribution in [1.29, 1.82) is 0 Å². The standard InChI is InChI=1S/C12H23F3N2O/c1-2-7-17(8-9-18-12(13,14)15)10-11-3-5-16-6-4-11/h11,16H,2-10H2,1H3. The van der Waals surface area contributed by atoms with Gasteiger partial charge in [-0.25, -0.2) is 0 Å². The zero-order chi connectivity index (χ0) is 13.4. The van der Waals surface area contributed by atoms with Gasteiger partial charge in [0.25, 0.3) is 0 Å². The highest BCUT2D eigenvalue weighted by Gasteiger charge is 2.29. The Morgan fingerprint density at radius 2 is 1.89 bits per heavy atom. The van der Waals surface area contributed by atoms with Crippen LogP contribution in [0.3, 0.4) is 0 Å². The molecule has 1 fully saturated rings. The molecule has 1 saturated heterocycles. The van der Waals surface area contributed by atoms with Crippen LogP contribution in [0.1, 0.15) is 26.2 Å². The van der Waals surface area contributed by atoms with E-state index in [4.69, 9.17) is 0 Å². The van der Waals surface area contributed by atoms with Crippen LogP contribution in [0.5, 0.6) is 0 Å². The van der Waals surface area contributed by atoms with Gasteiger partial charge in [0, 0.05) is 13.1 Å². The quantitative estimate of drug-likeness (QED) is 0.766. The van der Waals surface area contributed by atoms with E-state index in [2.05, 4.69) is 15.0 Å². The molecule has 1 aliphatic rings. The highest BCUT2D eigenvalue weighted by molar-refractivity contribution is 4.72. The van der Waals surface area contributed by atoms with Crippen molar-refractivity contribution in [3.05, 3.63) is 0 Å². The lowest BCUT2D eigenvalue weighted by Crippen LogP contribution is -2.38. The van der Waals surface area contributed by atoms with Crippen LogP contribution in [0.4, 0.5) is 13.2 Å². The Hall–Kier alpha value is -0.330. The molecule has 18 heavy (non-hydrogen) atoms. The van der Waals surface area contributed by atoms with Crippen molar-refractivity contribution < 1.29 is 17.9 Å². The molecule has 1 rings (SSSR count). The summed E-state index contributed by atoms with van der Waals surface area (Å²) in [5.74, 6) is 0.601. The highest BCUT2D eigenvalue weighted by atomic mass is 19.4. The van der Waals surface area contributed by atoms with Crippen LogP contribution in [0, 0.1) is 5.92 Å². The van der Waals surface area contributed by atoms with Gasteiger partial charge in [0.15, 0.2) is 0 Å². The fraction of sp³-hybridized carbons (Fsp3) is 1.00. The third-order valence-corrected chi connectivity index (χ3v) is 3.19. The summed E-state index contributed by atoms with van der Waals surface area (Å²) in [4.78, 5) is 2.09. The summed E-state index contributed by atoms with van der Waals surface area (Å²) in [5, 5.41) is 3.29. The van der Waals surface area contributed by atoms with Gasteiger partial charge in [-0.3, -0.25) is 4.74 Å². The third kappa shape index (κ3) is 7.18. The zero-order valence-electron chi connectivity index (χ0n) is 10.9. The van der Waals surface area contributed by atoms with Crippen LogP contribution in [0.15, 0.2) is 0 Å². The summed E-state index contributed by atoms with van der Waals surface area (Å²) in [7, 11) is 0. The summed E-state index contributed by atoms with van der Waals surface area (Å²) in [6.07, 6.45) is -1.33. The van der Waals surface area contributed by atoms with E-state index in [0.717, 1.165) is 45.4 Å². The number of hydrogen-bond acceptors (Lipinski definition) is 3. The second-order valence-electron chi connectivity index (χ2n) is 4.79. The van der Waals surface area contributed by atoms with Gasteiger partial charge in [-0.1, -0.05) is 6.92 Å². The minimum atomic E-state index is -4.51. The molecule has 1 aliphatic heterocycles. The van der Waals surface area contributed by atoms with E-state index in [-0.39, 0.29) is 6.61 Å². The SMILES string of the molecule is CCCN(CCOC(F)(F)F)CC1CCNCC1. The second-order valence-corrected chi connectivity index (χ2v) is 4.79. The normalized spacial score (nSPS) is 18.5. The molecule has 6 heteroatoms. The Morgan fingerprint density at radius 1 is 1.22 bits per heavy atom. The Kier molecular flexibility index (Phi) is 6.96. The molecular weight excluding hydrogens is 245 g/mol. The fourth-order valence-electron chi connectivity index (χ4n) is 2.33. The van der Waals surface area contributed by atoms with E-state index in [1.165, 1.54) is 0 Å². The summed E-state index contributed by atoms with van der Waals surface area (Å²) < 4.78 is 39.5. The number of ether oxygens (including phenoxy) is 1. The van der Waals surface area contributed by atoms with Gasteiger partial charge in [0.05, 0.1) is 6.61 Å². The van der Waals surface area contributed by atoms with E-state index >= 15 is 0 Å². The molecule has 3 nitrogen and oxygen atoms in total. The molecule has 0 aromatic carbocycles. The topological polar surface area (TPSA) is 24.5 Å². The van der Waals surface area contributed by atoms with E-state index < -0.39 is 6.36 Å². The lowest BCUT2D eigenvalue weighted by molar-refractivity contribution is -0.325. The van der Waals surface area contributed by atoms with Crippen LogP contribution in [-0.4, -0.2) is 50.6 Å². The number of alkyl halides is 3. The number of nitrogens with zero attached hydrogens (tertiary/aromatic N) is 1. The Bertz CT molecular complexity index is 218. The van der Waals surface area contributed by atoms with Gasteiger partial charge in [0.2, 0.25) is 0 Å². The number of hydrogen-bond donors (Lipinski definition) is 1. The van der Waals surface area contributed by atoms with Crippen molar-refractivity contribution in [2.75, 3.05) is 39.3 Å². The van der Waals surface area contributed by atoms with Crippen LogP contribution in [0.2, 0.25) is 0 Å². The molecule has 0 atom stereocenters. The Morgan fingerprint density at radius 3 is 2.44 bits per heavy atom. The molecule has 0 saturated carbocycles. The maximum atomic E-state index is 11.9. The molecular formula is C12H23F3N2O. The molecule has 0 aromatic heterocycles. The van der Waals surface area contributed by atoms with Crippen LogP contribution < -0.4 is 5.32 Å². The number of nitrogens with one attached hydrogen (secondary N) is 1. The summed E-state index contributed by atoms with van der Waals surface area (Å²) in [6.45, 7) is 5.89. The largest absolute Gasteiger partial charge is 0.522 e. The van der Waals surface area contributed by atoms with Crippen molar-refractivity contribution in [3.63, 3.8) is 0 Å². The van der Waals surface area contributed by atoms with Crippen molar-refractivity contribution in [2.45, 2.75) is 32.5 Å². The van der Waals surface area contributed by atoms with Gasteiger partial charge in [-0.05, 0) is 44.8 Å². The first kappa shape index (κ1) is 15.7. The van der Waals surface area contributed by atoms with Gasteiger partial charge >= 0.3 is 6.36 Å². The van der Waals surface area contributed by atoms with Crippen molar-refractivity contribution in [2.24, 2.45) is 5.92 Å². The van der Waals surface area contributed by atoms with E-state index in [1.54, 1.807) is 0 Å². The average Bonchev–Trinajstić information content (AvgIpc) is 2.29. The fourth-order valence-corrected chi connectivity index (χ4v) is 2.33. The summed E-state index contributed by atoms with van der Waals surface area (Å²) >= 11 is 0. The monoisotopic (exact) mass is 268 g/mol.